The van der Waals surface area contributed by atoms with E-state index in [4.69, 9.17) is 0 Å². The summed E-state index contributed by atoms with van der Waals surface area (Å²) in [5.41, 5.74) is 0. The Morgan fingerprint density at radius 1 is 1.12 bits per heavy atom. The quantitative estimate of drug-likeness (QED) is 0.603. The third-order valence-corrected chi connectivity index (χ3v) is 2.43. The van der Waals surface area contributed by atoms with Crippen molar-refractivity contribution in [2.75, 3.05) is 19.8 Å². The van der Waals surface area contributed by atoms with E-state index in [-0.39, 0.29) is 6.61 Å². The first kappa shape index (κ1) is 16.7. The molecule has 0 aromatic carbocycles. The second-order valence-electron chi connectivity index (χ2n) is 4.25. The van der Waals surface area contributed by atoms with Gasteiger partial charge in [0.05, 0.1) is 0 Å². The van der Waals surface area contributed by atoms with Gasteiger partial charge in [-0.1, -0.05) is 20.3 Å². The molecular formula is C12H24F3NO. The van der Waals surface area contributed by atoms with Crippen LogP contribution in [0.5, 0.6) is 0 Å². The van der Waals surface area contributed by atoms with Gasteiger partial charge in [-0.15, -0.1) is 0 Å². The van der Waals surface area contributed by atoms with E-state index in [1.165, 1.54) is 0 Å². The maximum atomic E-state index is 11.8. The number of alkyl halides is 3. The maximum absolute atomic E-state index is 11.8. The zero-order valence-electron chi connectivity index (χ0n) is 10.8. The normalized spacial score (nSPS) is 13.9. The second kappa shape index (κ2) is 9.71. The summed E-state index contributed by atoms with van der Waals surface area (Å²) in [6, 6.07) is 0.412. The first-order chi connectivity index (χ1) is 7.99. The lowest BCUT2D eigenvalue weighted by molar-refractivity contribution is -0.174. The van der Waals surface area contributed by atoms with Crippen molar-refractivity contribution in [1.29, 1.82) is 0 Å². The molecule has 0 heterocycles. The lowest BCUT2D eigenvalue weighted by Crippen LogP contribution is -2.30. The molecule has 0 fully saturated rings. The van der Waals surface area contributed by atoms with Crippen molar-refractivity contribution in [3.63, 3.8) is 0 Å². The topological polar surface area (TPSA) is 21.3 Å². The van der Waals surface area contributed by atoms with Crippen LogP contribution in [0.3, 0.4) is 0 Å². The fourth-order valence-corrected chi connectivity index (χ4v) is 1.67. The van der Waals surface area contributed by atoms with Crippen molar-refractivity contribution in [1.82, 2.24) is 5.32 Å². The Hall–Kier alpha value is -0.290. The predicted molar refractivity (Wildman–Crippen MR) is 63.1 cm³/mol. The molecule has 1 atom stereocenters. The third-order valence-electron chi connectivity index (χ3n) is 2.43. The monoisotopic (exact) mass is 255 g/mol. The van der Waals surface area contributed by atoms with Crippen LogP contribution in [-0.4, -0.2) is 32.0 Å². The van der Waals surface area contributed by atoms with Crippen LogP contribution in [-0.2, 0) is 4.74 Å². The van der Waals surface area contributed by atoms with E-state index < -0.39 is 12.8 Å². The second-order valence-corrected chi connectivity index (χ2v) is 4.25. The molecule has 0 spiro atoms. The van der Waals surface area contributed by atoms with Gasteiger partial charge in [-0.2, -0.15) is 13.2 Å². The van der Waals surface area contributed by atoms with Crippen molar-refractivity contribution in [3.8, 4) is 0 Å². The molecule has 5 heteroatoms. The zero-order valence-corrected chi connectivity index (χ0v) is 10.8. The fourth-order valence-electron chi connectivity index (χ4n) is 1.67. The van der Waals surface area contributed by atoms with Crippen LogP contribution >= 0.6 is 0 Å². The molecule has 0 aliphatic rings. The van der Waals surface area contributed by atoms with Gasteiger partial charge in [-0.05, 0) is 32.2 Å². The summed E-state index contributed by atoms with van der Waals surface area (Å²) in [6.45, 7) is 4.23. The van der Waals surface area contributed by atoms with Crippen LogP contribution in [0, 0.1) is 0 Å². The average molecular weight is 255 g/mol. The number of nitrogens with one attached hydrogen (secondary N) is 1. The van der Waals surface area contributed by atoms with Gasteiger partial charge in [0.2, 0.25) is 0 Å². The summed E-state index contributed by atoms with van der Waals surface area (Å²) < 4.78 is 40.0. The summed E-state index contributed by atoms with van der Waals surface area (Å²) >= 11 is 0. The molecule has 0 saturated carbocycles. The summed E-state index contributed by atoms with van der Waals surface area (Å²) in [5.74, 6) is 0. The smallest absolute Gasteiger partial charge is 0.372 e. The average Bonchev–Trinajstić information content (AvgIpc) is 2.23. The molecule has 1 unspecified atom stereocenters. The van der Waals surface area contributed by atoms with Crippen molar-refractivity contribution >= 4 is 0 Å². The van der Waals surface area contributed by atoms with Crippen LogP contribution in [0.4, 0.5) is 13.2 Å². The predicted octanol–water partition coefficient (Wildman–Crippen LogP) is 3.51. The number of hydrogen-bond donors (Lipinski definition) is 1. The highest BCUT2D eigenvalue weighted by atomic mass is 19.4. The minimum Gasteiger partial charge on any atom is -0.372 e. The van der Waals surface area contributed by atoms with Crippen molar-refractivity contribution < 1.29 is 17.9 Å². The van der Waals surface area contributed by atoms with Crippen LogP contribution in [0.1, 0.15) is 46.0 Å². The van der Waals surface area contributed by atoms with E-state index in [1.807, 2.05) is 0 Å². The molecule has 0 aromatic heterocycles. The number of rotatable bonds is 10. The van der Waals surface area contributed by atoms with E-state index in [9.17, 15) is 13.2 Å². The summed E-state index contributed by atoms with van der Waals surface area (Å²) in [4.78, 5) is 0. The Kier molecular flexibility index (Phi) is 9.55. The van der Waals surface area contributed by atoms with Gasteiger partial charge >= 0.3 is 6.18 Å². The Balaban J connectivity index is 3.53. The molecule has 0 aliphatic carbocycles. The third kappa shape index (κ3) is 12.0. The zero-order chi connectivity index (χ0) is 13.1. The molecule has 0 saturated heterocycles. The lowest BCUT2D eigenvalue weighted by atomic mass is 10.1. The summed E-state index contributed by atoms with van der Waals surface area (Å²) in [5, 5.41) is 3.40. The molecule has 0 rings (SSSR count). The van der Waals surface area contributed by atoms with Crippen LogP contribution in [0.25, 0.3) is 0 Å². The van der Waals surface area contributed by atoms with Crippen LogP contribution in [0.2, 0.25) is 0 Å². The van der Waals surface area contributed by atoms with Crippen molar-refractivity contribution in [2.45, 2.75) is 58.2 Å². The molecule has 0 amide bonds. The Morgan fingerprint density at radius 2 is 1.82 bits per heavy atom. The SMILES string of the molecule is CCCNC(CCC)CCCOCC(F)(F)F. The van der Waals surface area contributed by atoms with E-state index in [1.54, 1.807) is 0 Å². The van der Waals surface area contributed by atoms with E-state index >= 15 is 0 Å². The standard InChI is InChI=1S/C12H24F3NO/c1-3-6-11(16-8-4-2)7-5-9-17-10-12(13,14)15/h11,16H,3-10H2,1-2H3. The van der Waals surface area contributed by atoms with Gasteiger partial charge in [0.15, 0.2) is 0 Å². The number of hydrogen-bond acceptors (Lipinski definition) is 2. The van der Waals surface area contributed by atoms with Crippen LogP contribution < -0.4 is 5.32 Å². The summed E-state index contributed by atoms with van der Waals surface area (Å²) in [6.07, 6.45) is 0.585. The lowest BCUT2D eigenvalue weighted by Gasteiger charge is -2.17. The fraction of sp³-hybridized carbons (Fsp3) is 1.00. The molecule has 0 bridgehead atoms. The van der Waals surface area contributed by atoms with Gasteiger partial charge in [-0.3, -0.25) is 0 Å². The first-order valence-corrected chi connectivity index (χ1v) is 6.37. The van der Waals surface area contributed by atoms with E-state index in [0.29, 0.717) is 12.5 Å². The molecule has 0 aliphatic heterocycles. The molecule has 104 valence electrons. The minimum absolute atomic E-state index is 0.188. The Labute approximate surface area is 102 Å². The van der Waals surface area contributed by atoms with Gasteiger partial charge in [0, 0.05) is 12.6 Å². The van der Waals surface area contributed by atoms with Crippen LogP contribution in [0.15, 0.2) is 0 Å². The largest absolute Gasteiger partial charge is 0.411 e. The Bertz CT molecular complexity index is 174. The van der Waals surface area contributed by atoms with Gasteiger partial charge in [0.25, 0.3) is 0 Å². The highest BCUT2D eigenvalue weighted by Crippen LogP contribution is 2.14. The van der Waals surface area contributed by atoms with Gasteiger partial charge in [0.1, 0.15) is 6.61 Å². The first-order valence-electron chi connectivity index (χ1n) is 6.37. The molecule has 0 aromatic rings. The highest BCUT2D eigenvalue weighted by Gasteiger charge is 2.27. The molecule has 17 heavy (non-hydrogen) atoms. The number of ether oxygens (including phenoxy) is 1. The van der Waals surface area contributed by atoms with Gasteiger partial charge < -0.3 is 10.1 Å². The molecular weight excluding hydrogens is 231 g/mol. The molecule has 2 nitrogen and oxygen atoms in total. The van der Waals surface area contributed by atoms with E-state index in [2.05, 4.69) is 23.9 Å². The minimum atomic E-state index is -4.21. The number of halogens is 3. The maximum Gasteiger partial charge on any atom is 0.411 e. The van der Waals surface area contributed by atoms with E-state index in [0.717, 1.165) is 32.2 Å². The van der Waals surface area contributed by atoms with Crippen molar-refractivity contribution in [2.24, 2.45) is 0 Å². The molecule has 0 radical (unpaired) electrons. The van der Waals surface area contributed by atoms with Crippen molar-refractivity contribution in [3.05, 3.63) is 0 Å². The molecule has 1 N–H and O–H groups in total. The highest BCUT2D eigenvalue weighted by molar-refractivity contribution is 4.65. The Morgan fingerprint density at radius 3 is 2.35 bits per heavy atom. The van der Waals surface area contributed by atoms with Gasteiger partial charge in [-0.25, -0.2) is 0 Å². The summed E-state index contributed by atoms with van der Waals surface area (Å²) in [7, 11) is 0.